The number of carbonyl (C=O) groups excluding carboxylic acids is 1. The van der Waals surface area contributed by atoms with Gasteiger partial charge in [0.05, 0.1) is 16.3 Å². The fraction of sp³-hybridized carbons (Fsp3) is 0.273. The highest BCUT2D eigenvalue weighted by Crippen LogP contribution is 2.34. The molecular weight excluding hydrogens is 473 g/mol. The van der Waals surface area contributed by atoms with Crippen LogP contribution in [-0.2, 0) is 14.8 Å². The molecule has 1 atom stereocenters. The summed E-state index contributed by atoms with van der Waals surface area (Å²) < 4.78 is 70.8. The number of amides is 1. The molecule has 8 nitrogen and oxygen atoms in total. The van der Waals surface area contributed by atoms with Crippen LogP contribution in [0.4, 0.5) is 13.2 Å². The lowest BCUT2D eigenvalue weighted by atomic mass is 10.0. The van der Waals surface area contributed by atoms with E-state index in [1.165, 1.54) is 0 Å². The lowest BCUT2D eigenvalue weighted by Gasteiger charge is -2.34. The molecule has 1 aromatic heterocycles. The lowest BCUT2D eigenvalue weighted by molar-refractivity contribution is -0.274. The van der Waals surface area contributed by atoms with Crippen LogP contribution < -0.4 is 10.1 Å². The van der Waals surface area contributed by atoms with Gasteiger partial charge in [0, 0.05) is 24.3 Å². The second-order valence-electron chi connectivity index (χ2n) is 7.66. The maximum absolute atomic E-state index is 13.5. The van der Waals surface area contributed by atoms with Crippen molar-refractivity contribution < 1.29 is 31.1 Å². The number of nitrogens with zero attached hydrogens (tertiary/aromatic N) is 3. The van der Waals surface area contributed by atoms with Crippen molar-refractivity contribution in [3.8, 4) is 11.4 Å². The van der Waals surface area contributed by atoms with E-state index in [1.807, 2.05) is 30.3 Å². The van der Waals surface area contributed by atoms with E-state index >= 15 is 0 Å². The van der Waals surface area contributed by atoms with Crippen molar-refractivity contribution in [3.63, 3.8) is 0 Å². The highest BCUT2D eigenvalue weighted by molar-refractivity contribution is 7.89. The smallest absolute Gasteiger partial charge is 0.406 e. The van der Waals surface area contributed by atoms with Crippen molar-refractivity contribution >= 4 is 15.9 Å². The van der Waals surface area contributed by atoms with Crippen molar-refractivity contribution in [3.05, 3.63) is 71.5 Å². The first-order chi connectivity index (χ1) is 16.0. The van der Waals surface area contributed by atoms with Crippen LogP contribution in [0, 0.1) is 13.8 Å². The summed E-state index contributed by atoms with van der Waals surface area (Å²) >= 11 is 0. The normalized spacial score (nSPS) is 17.4. The molecule has 2 aromatic carbocycles. The Kier molecular flexibility index (Phi) is 6.13. The maximum atomic E-state index is 13.5. The van der Waals surface area contributed by atoms with Gasteiger partial charge in [-0.1, -0.05) is 18.2 Å². The summed E-state index contributed by atoms with van der Waals surface area (Å²) in [6.07, 6.45) is -4.90. The number of alkyl halides is 3. The molecule has 1 aliphatic heterocycles. The molecule has 3 aromatic rings. The molecule has 12 heteroatoms. The zero-order valence-corrected chi connectivity index (χ0v) is 19.0. The van der Waals surface area contributed by atoms with E-state index < -0.39 is 34.1 Å². The van der Waals surface area contributed by atoms with Crippen LogP contribution in [0.15, 0.2) is 59.5 Å². The van der Waals surface area contributed by atoms with E-state index in [0.717, 1.165) is 34.3 Å². The summed E-state index contributed by atoms with van der Waals surface area (Å²) in [5, 5.41) is 7.21. The predicted octanol–water partition coefficient (Wildman–Crippen LogP) is 3.25. The van der Waals surface area contributed by atoms with E-state index in [-0.39, 0.29) is 18.0 Å². The fourth-order valence-corrected chi connectivity index (χ4v) is 5.56. The van der Waals surface area contributed by atoms with Crippen molar-refractivity contribution in [1.29, 1.82) is 0 Å². The van der Waals surface area contributed by atoms with Gasteiger partial charge in [0.1, 0.15) is 11.8 Å². The quantitative estimate of drug-likeness (QED) is 0.588. The Morgan fingerprint density at radius 1 is 1.06 bits per heavy atom. The minimum atomic E-state index is -4.90. The van der Waals surface area contributed by atoms with Gasteiger partial charge in [0.25, 0.3) is 0 Å². The molecule has 0 saturated carbocycles. The van der Waals surface area contributed by atoms with Crippen molar-refractivity contribution in [1.82, 2.24) is 19.4 Å². The first kappa shape index (κ1) is 23.8. The molecule has 0 spiro atoms. The molecule has 1 saturated heterocycles. The monoisotopic (exact) mass is 494 g/mol. The topological polar surface area (TPSA) is 93.5 Å². The Labute approximate surface area is 194 Å². The molecule has 34 heavy (non-hydrogen) atoms. The summed E-state index contributed by atoms with van der Waals surface area (Å²) in [5.74, 6) is -1.05. The number of hydrogen-bond acceptors (Lipinski definition) is 5. The van der Waals surface area contributed by atoms with Gasteiger partial charge in [-0.3, -0.25) is 4.79 Å². The molecule has 180 valence electrons. The number of hydrogen-bond donors (Lipinski definition) is 1. The van der Waals surface area contributed by atoms with Crippen LogP contribution >= 0.6 is 0 Å². The molecule has 1 fully saturated rings. The molecule has 1 unspecified atom stereocenters. The second kappa shape index (κ2) is 8.76. The number of aromatic nitrogens is 2. The van der Waals surface area contributed by atoms with E-state index in [1.54, 1.807) is 18.5 Å². The summed E-state index contributed by atoms with van der Waals surface area (Å²) in [5.41, 5.74) is 2.28. The first-order valence-electron chi connectivity index (χ1n) is 10.3. The Morgan fingerprint density at radius 3 is 2.32 bits per heavy atom. The van der Waals surface area contributed by atoms with Crippen LogP contribution in [0.3, 0.4) is 0 Å². The summed E-state index contributed by atoms with van der Waals surface area (Å²) in [4.78, 5) is 12.7. The van der Waals surface area contributed by atoms with Gasteiger partial charge in [0.15, 0.2) is 0 Å². The highest BCUT2D eigenvalue weighted by atomic mass is 32.2. The Morgan fingerprint density at radius 2 is 1.71 bits per heavy atom. The number of rotatable bonds is 5. The number of benzene rings is 2. The van der Waals surface area contributed by atoms with E-state index in [4.69, 9.17) is 0 Å². The van der Waals surface area contributed by atoms with Crippen LogP contribution in [0.5, 0.6) is 5.75 Å². The fourth-order valence-electron chi connectivity index (χ4n) is 4.00. The summed E-state index contributed by atoms with van der Waals surface area (Å²) in [7, 11) is -4.24. The van der Waals surface area contributed by atoms with Gasteiger partial charge in [-0.25, -0.2) is 13.1 Å². The van der Waals surface area contributed by atoms with Crippen LogP contribution in [0.1, 0.15) is 23.0 Å². The van der Waals surface area contributed by atoms with E-state index in [9.17, 15) is 26.4 Å². The van der Waals surface area contributed by atoms with Gasteiger partial charge in [-0.05, 0) is 50.2 Å². The number of piperazine rings is 1. The molecular formula is C22H21F3N4O4S. The van der Waals surface area contributed by atoms with Crippen molar-refractivity contribution in [2.45, 2.75) is 31.1 Å². The van der Waals surface area contributed by atoms with Crippen LogP contribution in [0.25, 0.3) is 5.69 Å². The highest BCUT2D eigenvalue weighted by Gasteiger charge is 2.42. The maximum Gasteiger partial charge on any atom is 0.573 e. The van der Waals surface area contributed by atoms with Gasteiger partial charge >= 0.3 is 6.36 Å². The van der Waals surface area contributed by atoms with E-state index in [0.29, 0.717) is 17.0 Å². The number of halogens is 3. The van der Waals surface area contributed by atoms with Gasteiger partial charge in [-0.2, -0.15) is 9.40 Å². The minimum Gasteiger partial charge on any atom is -0.406 e. The zero-order valence-electron chi connectivity index (χ0n) is 18.2. The van der Waals surface area contributed by atoms with Crippen molar-refractivity contribution in [2.75, 3.05) is 13.1 Å². The summed E-state index contributed by atoms with van der Waals surface area (Å²) in [6.45, 7) is 3.51. The first-order valence-corrected chi connectivity index (χ1v) is 11.7. The molecule has 4 rings (SSSR count). The SMILES string of the molecule is Cc1nn(-c2ccccc2)c(C)c1C1C(=O)NCCN1S(=O)(=O)c1ccc(OC(F)(F)F)cc1. The Hall–Kier alpha value is -3.38. The number of sulfonamides is 1. The minimum absolute atomic E-state index is 0.0189. The number of ether oxygens (including phenoxy) is 1. The van der Waals surface area contributed by atoms with Crippen molar-refractivity contribution in [2.24, 2.45) is 0 Å². The average molecular weight is 494 g/mol. The Balaban J connectivity index is 1.74. The van der Waals surface area contributed by atoms with Crippen LogP contribution in [-0.4, -0.2) is 47.9 Å². The molecule has 0 aliphatic carbocycles. The third-order valence-corrected chi connectivity index (χ3v) is 7.33. The van der Waals surface area contributed by atoms with Gasteiger partial charge < -0.3 is 10.1 Å². The number of carbonyl (C=O) groups is 1. The molecule has 1 aliphatic rings. The number of nitrogens with one attached hydrogen (secondary N) is 1. The van der Waals surface area contributed by atoms with Gasteiger partial charge in [-0.15, -0.1) is 13.2 Å². The molecule has 0 bridgehead atoms. The predicted molar refractivity (Wildman–Crippen MR) is 116 cm³/mol. The second-order valence-corrected chi connectivity index (χ2v) is 9.55. The standard InChI is InChI=1S/C22H21F3N4O4S/c1-14-19(15(2)29(27-14)16-6-4-3-5-7-16)20-21(30)26-12-13-28(20)34(31,32)18-10-8-17(9-11-18)33-22(23,24)25/h3-11,20H,12-13H2,1-2H3,(H,26,30). The average Bonchev–Trinajstić information content (AvgIpc) is 3.07. The third kappa shape index (κ3) is 4.50. The molecule has 1 N–H and O–H groups in total. The largest absolute Gasteiger partial charge is 0.573 e. The van der Waals surface area contributed by atoms with E-state index in [2.05, 4.69) is 15.2 Å². The molecule has 2 heterocycles. The number of aryl methyl sites for hydroxylation is 1. The van der Waals surface area contributed by atoms with Gasteiger partial charge in [0.2, 0.25) is 15.9 Å². The summed E-state index contributed by atoms with van der Waals surface area (Å²) in [6, 6.07) is 11.9. The number of para-hydroxylation sites is 1. The zero-order chi connectivity index (χ0) is 24.7. The third-order valence-electron chi connectivity index (χ3n) is 5.45. The lowest BCUT2D eigenvalue weighted by Crippen LogP contribution is -2.52. The molecule has 1 amide bonds. The van der Waals surface area contributed by atoms with Crippen LogP contribution in [0.2, 0.25) is 0 Å². The molecule has 0 radical (unpaired) electrons. The Bertz CT molecular complexity index is 1310.